The maximum Gasteiger partial charge on any atom is 0.252 e. The Balaban J connectivity index is 1.98. The van der Waals surface area contributed by atoms with Crippen LogP contribution in [0.3, 0.4) is 0 Å². The van der Waals surface area contributed by atoms with Crippen molar-refractivity contribution in [2.75, 3.05) is 19.6 Å². The molecule has 0 unspecified atom stereocenters. The molecular weight excluding hydrogens is 274 g/mol. The van der Waals surface area contributed by atoms with Crippen molar-refractivity contribution >= 4 is 5.91 Å². The normalized spacial score (nSPS) is 10.5. The maximum absolute atomic E-state index is 12.1. The van der Waals surface area contributed by atoms with Crippen LogP contribution in [-0.2, 0) is 0 Å². The number of benzene rings is 1. The summed E-state index contributed by atoms with van der Waals surface area (Å²) >= 11 is 0. The summed E-state index contributed by atoms with van der Waals surface area (Å²) in [7, 11) is 0. The quantitative estimate of drug-likeness (QED) is 0.773. The highest BCUT2D eigenvalue weighted by Crippen LogP contribution is 2.19. The number of carbonyl (C=O) groups excluding carboxylic acids is 1. The van der Waals surface area contributed by atoms with E-state index in [1.165, 1.54) is 5.56 Å². The highest BCUT2D eigenvalue weighted by molar-refractivity contribution is 5.95. The average molecular weight is 297 g/mol. The molecule has 0 bridgehead atoms. The minimum Gasteiger partial charge on any atom is -0.351 e. The zero-order valence-electron chi connectivity index (χ0n) is 13.2. The van der Waals surface area contributed by atoms with Gasteiger partial charge in [-0.25, -0.2) is 0 Å². The number of hydrogen-bond donors (Lipinski definition) is 2. The van der Waals surface area contributed by atoms with Gasteiger partial charge in [-0.3, -0.25) is 9.78 Å². The van der Waals surface area contributed by atoms with Crippen molar-refractivity contribution in [2.24, 2.45) is 0 Å². The molecule has 116 valence electrons. The van der Waals surface area contributed by atoms with Gasteiger partial charge in [-0.05, 0) is 31.5 Å². The highest BCUT2D eigenvalue weighted by atomic mass is 16.1. The van der Waals surface area contributed by atoms with Crippen molar-refractivity contribution in [1.29, 1.82) is 0 Å². The summed E-state index contributed by atoms with van der Waals surface area (Å²) in [5.41, 5.74) is 3.83. The topological polar surface area (TPSA) is 54.0 Å². The summed E-state index contributed by atoms with van der Waals surface area (Å²) in [6.07, 6.45) is 4.48. The second kappa shape index (κ2) is 8.29. The lowest BCUT2D eigenvalue weighted by Crippen LogP contribution is -2.32. The third-order valence-corrected chi connectivity index (χ3v) is 3.40. The smallest absolute Gasteiger partial charge is 0.252 e. The Labute approximate surface area is 132 Å². The van der Waals surface area contributed by atoms with Crippen LogP contribution in [0, 0.1) is 6.92 Å². The van der Waals surface area contributed by atoms with Crippen LogP contribution in [0.15, 0.2) is 42.7 Å². The van der Waals surface area contributed by atoms with Crippen LogP contribution in [0.2, 0.25) is 0 Å². The number of aromatic nitrogens is 1. The molecule has 0 saturated heterocycles. The van der Waals surface area contributed by atoms with Crippen LogP contribution in [0.1, 0.15) is 29.3 Å². The predicted octanol–water partition coefficient (Wildman–Crippen LogP) is 2.79. The number of nitrogens with one attached hydrogen (secondary N) is 2. The molecular formula is C18H23N3O. The van der Waals surface area contributed by atoms with Gasteiger partial charge in [0.05, 0.1) is 5.56 Å². The molecule has 0 radical (unpaired) electrons. The van der Waals surface area contributed by atoms with Gasteiger partial charge in [-0.1, -0.05) is 36.8 Å². The molecule has 2 aromatic rings. The molecule has 0 saturated carbocycles. The summed E-state index contributed by atoms with van der Waals surface area (Å²) in [6.45, 7) is 6.55. The van der Waals surface area contributed by atoms with Gasteiger partial charge in [-0.15, -0.1) is 0 Å². The first-order valence-corrected chi connectivity index (χ1v) is 7.71. The van der Waals surface area contributed by atoms with Crippen LogP contribution in [-0.4, -0.2) is 30.5 Å². The van der Waals surface area contributed by atoms with Gasteiger partial charge in [0.2, 0.25) is 0 Å². The molecule has 0 fully saturated rings. The van der Waals surface area contributed by atoms with Crippen molar-refractivity contribution in [2.45, 2.75) is 20.3 Å². The molecule has 1 amide bonds. The monoisotopic (exact) mass is 297 g/mol. The minimum atomic E-state index is -0.0836. The average Bonchev–Trinajstić information content (AvgIpc) is 2.55. The Bertz CT molecular complexity index is 608. The van der Waals surface area contributed by atoms with Crippen molar-refractivity contribution in [3.63, 3.8) is 0 Å². The van der Waals surface area contributed by atoms with E-state index in [2.05, 4.69) is 41.6 Å². The van der Waals surface area contributed by atoms with E-state index in [0.29, 0.717) is 12.1 Å². The van der Waals surface area contributed by atoms with Crippen LogP contribution < -0.4 is 10.6 Å². The van der Waals surface area contributed by atoms with Crippen LogP contribution in [0.4, 0.5) is 0 Å². The fraction of sp³-hybridized carbons (Fsp3) is 0.333. The molecule has 22 heavy (non-hydrogen) atoms. The van der Waals surface area contributed by atoms with Gasteiger partial charge in [0, 0.05) is 31.0 Å². The van der Waals surface area contributed by atoms with E-state index < -0.39 is 0 Å². The van der Waals surface area contributed by atoms with Crippen molar-refractivity contribution in [3.05, 3.63) is 53.9 Å². The molecule has 4 heteroatoms. The fourth-order valence-electron chi connectivity index (χ4n) is 2.14. The molecule has 0 atom stereocenters. The minimum absolute atomic E-state index is 0.0836. The Kier molecular flexibility index (Phi) is 6.10. The van der Waals surface area contributed by atoms with Gasteiger partial charge in [-0.2, -0.15) is 0 Å². The van der Waals surface area contributed by atoms with Gasteiger partial charge >= 0.3 is 0 Å². The molecule has 0 spiro atoms. The van der Waals surface area contributed by atoms with E-state index in [1.54, 1.807) is 12.4 Å². The number of pyridine rings is 1. The number of amides is 1. The molecule has 2 rings (SSSR count). The van der Waals surface area contributed by atoms with Gasteiger partial charge in [0.15, 0.2) is 0 Å². The first-order chi connectivity index (χ1) is 10.7. The second-order valence-electron chi connectivity index (χ2n) is 5.33. The number of carbonyl (C=O) groups is 1. The SMILES string of the molecule is CCCNCCNC(=O)c1cncc(-c2ccc(C)cc2)c1. The summed E-state index contributed by atoms with van der Waals surface area (Å²) < 4.78 is 0. The van der Waals surface area contributed by atoms with Gasteiger partial charge in [0.1, 0.15) is 0 Å². The van der Waals surface area contributed by atoms with E-state index in [4.69, 9.17) is 0 Å². The zero-order chi connectivity index (χ0) is 15.8. The molecule has 0 aliphatic heterocycles. The van der Waals surface area contributed by atoms with E-state index >= 15 is 0 Å². The summed E-state index contributed by atoms with van der Waals surface area (Å²) in [5, 5.41) is 6.16. The summed E-state index contributed by atoms with van der Waals surface area (Å²) in [4.78, 5) is 16.3. The molecule has 1 aromatic carbocycles. The Morgan fingerprint density at radius 2 is 1.82 bits per heavy atom. The molecule has 0 aliphatic carbocycles. The van der Waals surface area contributed by atoms with Crippen LogP contribution in [0.25, 0.3) is 11.1 Å². The fourth-order valence-corrected chi connectivity index (χ4v) is 2.14. The molecule has 2 N–H and O–H groups in total. The number of aryl methyl sites for hydroxylation is 1. The summed E-state index contributed by atoms with van der Waals surface area (Å²) in [5.74, 6) is -0.0836. The maximum atomic E-state index is 12.1. The number of nitrogens with zero attached hydrogens (tertiary/aromatic N) is 1. The van der Waals surface area contributed by atoms with Crippen molar-refractivity contribution < 1.29 is 4.79 Å². The Morgan fingerprint density at radius 3 is 2.55 bits per heavy atom. The highest BCUT2D eigenvalue weighted by Gasteiger charge is 2.07. The Morgan fingerprint density at radius 1 is 1.05 bits per heavy atom. The number of hydrogen-bond acceptors (Lipinski definition) is 3. The zero-order valence-corrected chi connectivity index (χ0v) is 13.2. The van der Waals surface area contributed by atoms with Crippen LogP contribution in [0.5, 0.6) is 0 Å². The number of rotatable bonds is 7. The molecule has 4 nitrogen and oxygen atoms in total. The van der Waals surface area contributed by atoms with E-state index in [1.807, 2.05) is 18.2 Å². The first kappa shape index (κ1) is 16.2. The van der Waals surface area contributed by atoms with E-state index in [0.717, 1.165) is 30.6 Å². The Hall–Kier alpha value is -2.20. The second-order valence-corrected chi connectivity index (χ2v) is 5.33. The van der Waals surface area contributed by atoms with Gasteiger partial charge < -0.3 is 10.6 Å². The first-order valence-electron chi connectivity index (χ1n) is 7.71. The van der Waals surface area contributed by atoms with E-state index in [9.17, 15) is 4.79 Å². The van der Waals surface area contributed by atoms with Gasteiger partial charge in [0.25, 0.3) is 5.91 Å². The lowest BCUT2D eigenvalue weighted by atomic mass is 10.0. The lowest BCUT2D eigenvalue weighted by Gasteiger charge is -2.07. The molecule has 0 aliphatic rings. The largest absolute Gasteiger partial charge is 0.351 e. The third kappa shape index (κ3) is 4.67. The standard InChI is InChI=1S/C18H23N3O/c1-3-8-19-9-10-21-18(22)17-11-16(12-20-13-17)15-6-4-14(2)5-7-15/h4-7,11-13,19H,3,8-10H2,1-2H3,(H,21,22). The lowest BCUT2D eigenvalue weighted by molar-refractivity contribution is 0.0953. The van der Waals surface area contributed by atoms with E-state index in [-0.39, 0.29) is 5.91 Å². The van der Waals surface area contributed by atoms with Crippen molar-refractivity contribution in [1.82, 2.24) is 15.6 Å². The summed E-state index contributed by atoms with van der Waals surface area (Å²) in [6, 6.07) is 10.1. The third-order valence-electron chi connectivity index (χ3n) is 3.40. The predicted molar refractivity (Wildman–Crippen MR) is 89.9 cm³/mol. The molecule has 1 heterocycles. The van der Waals surface area contributed by atoms with Crippen molar-refractivity contribution in [3.8, 4) is 11.1 Å². The van der Waals surface area contributed by atoms with Crippen LogP contribution >= 0.6 is 0 Å². The molecule has 1 aromatic heterocycles.